The van der Waals surface area contributed by atoms with E-state index in [0.29, 0.717) is 11.3 Å². The lowest BCUT2D eigenvalue weighted by molar-refractivity contribution is 0.0812. The third kappa shape index (κ3) is 2.23. The first kappa shape index (κ1) is 10.1. The molecular formula is C10H11N3O. The van der Waals surface area contributed by atoms with Gasteiger partial charge in [0, 0.05) is 18.3 Å². The fraction of sp³-hybridized carbons (Fsp3) is 0.200. The van der Waals surface area contributed by atoms with Gasteiger partial charge in [0.2, 0.25) is 0 Å². The number of nitriles is 1. The number of nitrogens with zero attached hydrogens (tertiary/aromatic N) is 2. The molecule has 0 atom stereocenters. The SMILES string of the molecule is CN(CC#N)C(=O)c1ccc(N)cc1. The maximum absolute atomic E-state index is 11.6. The largest absolute Gasteiger partial charge is 0.399 e. The molecule has 1 rings (SSSR count). The van der Waals surface area contributed by atoms with Crippen molar-refractivity contribution < 1.29 is 4.79 Å². The summed E-state index contributed by atoms with van der Waals surface area (Å²) >= 11 is 0. The summed E-state index contributed by atoms with van der Waals surface area (Å²) in [4.78, 5) is 12.9. The van der Waals surface area contributed by atoms with Crippen molar-refractivity contribution in [3.63, 3.8) is 0 Å². The number of carbonyl (C=O) groups is 1. The molecule has 0 aromatic heterocycles. The van der Waals surface area contributed by atoms with E-state index in [1.165, 1.54) is 4.90 Å². The first-order valence-electron chi connectivity index (χ1n) is 4.13. The molecule has 0 heterocycles. The van der Waals surface area contributed by atoms with Crippen molar-refractivity contribution in [2.75, 3.05) is 19.3 Å². The van der Waals surface area contributed by atoms with Gasteiger partial charge in [-0.3, -0.25) is 4.79 Å². The lowest BCUT2D eigenvalue weighted by atomic mass is 10.2. The standard InChI is InChI=1S/C10H11N3O/c1-13(7-6-11)10(14)8-2-4-9(12)5-3-8/h2-5H,7,12H2,1H3. The zero-order valence-corrected chi connectivity index (χ0v) is 7.90. The summed E-state index contributed by atoms with van der Waals surface area (Å²) in [5.74, 6) is -0.174. The number of benzene rings is 1. The molecular weight excluding hydrogens is 178 g/mol. The van der Waals surface area contributed by atoms with Crippen LogP contribution in [0.25, 0.3) is 0 Å². The highest BCUT2D eigenvalue weighted by Gasteiger charge is 2.09. The number of nitrogen functional groups attached to an aromatic ring is 1. The van der Waals surface area contributed by atoms with Crippen LogP contribution in [0.1, 0.15) is 10.4 Å². The predicted octanol–water partition coefficient (Wildman–Crippen LogP) is 0.864. The van der Waals surface area contributed by atoms with Crippen LogP contribution in [0.5, 0.6) is 0 Å². The van der Waals surface area contributed by atoms with E-state index >= 15 is 0 Å². The van der Waals surface area contributed by atoms with Crippen LogP contribution in [0.15, 0.2) is 24.3 Å². The van der Waals surface area contributed by atoms with Crippen molar-refractivity contribution in [3.05, 3.63) is 29.8 Å². The summed E-state index contributed by atoms with van der Waals surface area (Å²) in [6.45, 7) is 0.0865. The Balaban J connectivity index is 2.80. The van der Waals surface area contributed by atoms with Crippen LogP contribution in [0.3, 0.4) is 0 Å². The third-order valence-corrected chi connectivity index (χ3v) is 1.81. The molecule has 4 nitrogen and oxygen atoms in total. The van der Waals surface area contributed by atoms with Crippen LogP contribution in [0, 0.1) is 11.3 Å². The summed E-state index contributed by atoms with van der Waals surface area (Å²) < 4.78 is 0. The average molecular weight is 189 g/mol. The average Bonchev–Trinajstić information content (AvgIpc) is 2.18. The molecule has 1 aromatic carbocycles. The Morgan fingerprint density at radius 3 is 2.57 bits per heavy atom. The molecule has 4 heteroatoms. The highest BCUT2D eigenvalue weighted by Crippen LogP contribution is 2.07. The second kappa shape index (κ2) is 4.28. The van der Waals surface area contributed by atoms with Gasteiger partial charge in [-0.15, -0.1) is 0 Å². The van der Waals surface area contributed by atoms with E-state index in [0.717, 1.165) is 0 Å². The maximum atomic E-state index is 11.6. The van der Waals surface area contributed by atoms with E-state index in [4.69, 9.17) is 11.0 Å². The van der Waals surface area contributed by atoms with Crippen molar-refractivity contribution in [1.82, 2.24) is 4.90 Å². The van der Waals surface area contributed by atoms with E-state index in [9.17, 15) is 4.79 Å². The third-order valence-electron chi connectivity index (χ3n) is 1.81. The Morgan fingerprint density at radius 1 is 1.50 bits per heavy atom. The van der Waals surface area contributed by atoms with Gasteiger partial charge in [-0.05, 0) is 24.3 Å². The molecule has 0 saturated carbocycles. The fourth-order valence-electron chi connectivity index (χ4n) is 1.02. The van der Waals surface area contributed by atoms with E-state index in [1.807, 2.05) is 6.07 Å². The minimum Gasteiger partial charge on any atom is -0.399 e. The predicted molar refractivity (Wildman–Crippen MR) is 53.4 cm³/mol. The molecule has 72 valence electrons. The van der Waals surface area contributed by atoms with Crippen molar-refractivity contribution in [2.24, 2.45) is 0 Å². The first-order valence-corrected chi connectivity index (χ1v) is 4.13. The molecule has 0 aliphatic heterocycles. The Labute approximate surface area is 82.5 Å². The number of nitrogens with two attached hydrogens (primary N) is 1. The summed E-state index contributed by atoms with van der Waals surface area (Å²) in [5.41, 5.74) is 6.64. The monoisotopic (exact) mass is 189 g/mol. The van der Waals surface area contributed by atoms with Gasteiger partial charge in [0.1, 0.15) is 6.54 Å². The van der Waals surface area contributed by atoms with Crippen LogP contribution in [0.4, 0.5) is 5.69 Å². The molecule has 2 N–H and O–H groups in total. The molecule has 0 bridgehead atoms. The molecule has 0 saturated heterocycles. The Bertz CT molecular complexity index is 364. The van der Waals surface area contributed by atoms with Crippen molar-refractivity contribution in [3.8, 4) is 6.07 Å². The Kier molecular flexibility index (Phi) is 3.08. The van der Waals surface area contributed by atoms with Crippen molar-refractivity contribution >= 4 is 11.6 Å². The van der Waals surface area contributed by atoms with Gasteiger partial charge in [-0.1, -0.05) is 0 Å². The molecule has 0 aliphatic rings. The van der Waals surface area contributed by atoms with Gasteiger partial charge in [0.15, 0.2) is 0 Å². The number of rotatable bonds is 2. The van der Waals surface area contributed by atoms with E-state index in [-0.39, 0.29) is 12.5 Å². The maximum Gasteiger partial charge on any atom is 0.254 e. The minimum atomic E-state index is -0.174. The molecule has 14 heavy (non-hydrogen) atoms. The van der Waals surface area contributed by atoms with Gasteiger partial charge >= 0.3 is 0 Å². The molecule has 0 radical (unpaired) electrons. The van der Waals surface area contributed by atoms with Crippen LogP contribution in [-0.4, -0.2) is 24.4 Å². The quantitative estimate of drug-likeness (QED) is 0.554. The van der Waals surface area contributed by atoms with E-state index in [2.05, 4.69) is 0 Å². The van der Waals surface area contributed by atoms with Crippen LogP contribution in [-0.2, 0) is 0 Å². The zero-order valence-electron chi connectivity index (χ0n) is 7.90. The van der Waals surface area contributed by atoms with Crippen molar-refractivity contribution in [1.29, 1.82) is 5.26 Å². The molecule has 1 amide bonds. The highest BCUT2D eigenvalue weighted by molar-refractivity contribution is 5.94. The minimum absolute atomic E-state index is 0.0865. The van der Waals surface area contributed by atoms with Crippen LogP contribution < -0.4 is 5.73 Å². The molecule has 0 unspecified atom stereocenters. The summed E-state index contributed by atoms with van der Waals surface area (Å²) in [6.07, 6.45) is 0. The number of anilines is 1. The second-order valence-corrected chi connectivity index (χ2v) is 2.94. The molecule has 0 spiro atoms. The molecule has 0 aliphatic carbocycles. The van der Waals surface area contributed by atoms with Gasteiger partial charge < -0.3 is 10.6 Å². The van der Waals surface area contributed by atoms with E-state index in [1.54, 1.807) is 31.3 Å². The summed E-state index contributed by atoms with van der Waals surface area (Å²) in [7, 11) is 1.59. The first-order chi connectivity index (χ1) is 6.65. The van der Waals surface area contributed by atoms with Gasteiger partial charge in [0.25, 0.3) is 5.91 Å². The van der Waals surface area contributed by atoms with Crippen molar-refractivity contribution in [2.45, 2.75) is 0 Å². The normalized spacial score (nSPS) is 9.14. The lowest BCUT2D eigenvalue weighted by Crippen LogP contribution is -2.26. The number of hydrogen-bond donors (Lipinski definition) is 1. The molecule has 0 fully saturated rings. The van der Waals surface area contributed by atoms with Gasteiger partial charge in [-0.2, -0.15) is 5.26 Å². The summed E-state index contributed by atoms with van der Waals surface area (Å²) in [5, 5.41) is 8.41. The topological polar surface area (TPSA) is 70.1 Å². The van der Waals surface area contributed by atoms with Gasteiger partial charge in [-0.25, -0.2) is 0 Å². The van der Waals surface area contributed by atoms with Crippen LogP contribution >= 0.6 is 0 Å². The smallest absolute Gasteiger partial charge is 0.254 e. The van der Waals surface area contributed by atoms with Crippen LogP contribution in [0.2, 0.25) is 0 Å². The number of carbonyl (C=O) groups excluding carboxylic acids is 1. The fourth-order valence-corrected chi connectivity index (χ4v) is 1.02. The second-order valence-electron chi connectivity index (χ2n) is 2.94. The summed E-state index contributed by atoms with van der Waals surface area (Å²) in [6, 6.07) is 8.52. The Morgan fingerprint density at radius 2 is 2.07 bits per heavy atom. The van der Waals surface area contributed by atoms with E-state index < -0.39 is 0 Å². The number of amides is 1. The van der Waals surface area contributed by atoms with Gasteiger partial charge in [0.05, 0.1) is 6.07 Å². The zero-order chi connectivity index (χ0) is 10.6. The molecule has 1 aromatic rings. The highest BCUT2D eigenvalue weighted by atomic mass is 16.2. The Hall–Kier alpha value is -2.02. The lowest BCUT2D eigenvalue weighted by Gasteiger charge is -2.12. The number of hydrogen-bond acceptors (Lipinski definition) is 3.